The predicted octanol–water partition coefficient (Wildman–Crippen LogP) is 3.98. The second-order valence-electron chi connectivity index (χ2n) is 5.26. The monoisotopic (exact) mass is 253 g/mol. The Balaban J connectivity index is 1.62. The molecular weight excluding hydrogens is 234 g/mol. The van der Waals surface area contributed by atoms with Crippen LogP contribution in [0.2, 0.25) is 0 Å². The first-order chi connectivity index (χ1) is 9.31. The lowest BCUT2D eigenvalue weighted by Gasteiger charge is -2.08. The van der Waals surface area contributed by atoms with Gasteiger partial charge in [0.15, 0.2) is 0 Å². The smallest absolute Gasteiger partial charge is 0.127 e. The van der Waals surface area contributed by atoms with E-state index in [1.54, 1.807) is 0 Å². The Morgan fingerprint density at radius 1 is 1.05 bits per heavy atom. The minimum atomic E-state index is 0.707. The van der Waals surface area contributed by atoms with E-state index >= 15 is 0 Å². The van der Waals surface area contributed by atoms with Crippen molar-refractivity contribution in [3.05, 3.63) is 60.2 Å². The maximum atomic E-state index is 5.83. The molecule has 0 spiro atoms. The molecule has 0 heterocycles. The molecule has 2 aromatic rings. The van der Waals surface area contributed by atoms with Crippen molar-refractivity contribution in [3.8, 4) is 11.5 Å². The number of ether oxygens (including phenoxy) is 1. The molecule has 2 unspecified atom stereocenters. The molecule has 2 heteroatoms. The summed E-state index contributed by atoms with van der Waals surface area (Å²) in [6.07, 6.45) is 1.31. The zero-order valence-electron chi connectivity index (χ0n) is 11.2. The second-order valence-corrected chi connectivity index (χ2v) is 5.26. The van der Waals surface area contributed by atoms with Crippen LogP contribution < -0.4 is 10.1 Å². The minimum absolute atomic E-state index is 0.707. The van der Waals surface area contributed by atoms with E-state index in [0.717, 1.165) is 24.0 Å². The number of para-hydroxylation sites is 1. The Hall–Kier alpha value is -1.80. The van der Waals surface area contributed by atoms with Gasteiger partial charge in [0.2, 0.25) is 0 Å². The highest BCUT2D eigenvalue weighted by molar-refractivity contribution is 5.33. The number of rotatable bonds is 5. The van der Waals surface area contributed by atoms with Gasteiger partial charge in [0, 0.05) is 12.6 Å². The van der Waals surface area contributed by atoms with E-state index in [9.17, 15) is 0 Å². The molecule has 2 aromatic carbocycles. The van der Waals surface area contributed by atoms with Crippen LogP contribution >= 0.6 is 0 Å². The van der Waals surface area contributed by atoms with Crippen LogP contribution in [0, 0.1) is 5.92 Å². The average molecular weight is 253 g/mol. The molecule has 0 saturated heterocycles. The third-order valence-electron chi connectivity index (χ3n) is 3.56. The summed E-state index contributed by atoms with van der Waals surface area (Å²) in [5.41, 5.74) is 1.27. The van der Waals surface area contributed by atoms with Crippen LogP contribution in [-0.4, -0.2) is 6.04 Å². The van der Waals surface area contributed by atoms with Crippen molar-refractivity contribution in [1.29, 1.82) is 0 Å². The topological polar surface area (TPSA) is 21.3 Å². The summed E-state index contributed by atoms with van der Waals surface area (Å²) in [5, 5.41) is 3.56. The van der Waals surface area contributed by atoms with E-state index in [-0.39, 0.29) is 0 Å². The summed E-state index contributed by atoms with van der Waals surface area (Å²) in [6.45, 7) is 3.20. The zero-order chi connectivity index (χ0) is 13.1. The predicted molar refractivity (Wildman–Crippen MR) is 77.4 cm³/mol. The first-order valence-corrected chi connectivity index (χ1v) is 6.86. The normalized spacial score (nSPS) is 21.1. The fourth-order valence-corrected chi connectivity index (χ4v) is 2.20. The van der Waals surface area contributed by atoms with Gasteiger partial charge in [0.05, 0.1) is 0 Å². The lowest BCUT2D eigenvalue weighted by atomic mass is 10.2. The Bertz CT molecular complexity index is 538. The molecular formula is C17H19NO. The Labute approximate surface area is 114 Å². The Morgan fingerprint density at radius 2 is 1.79 bits per heavy atom. The van der Waals surface area contributed by atoms with Gasteiger partial charge in [-0.25, -0.2) is 0 Å². The van der Waals surface area contributed by atoms with E-state index < -0.39 is 0 Å². The molecule has 1 fully saturated rings. The molecule has 1 aliphatic carbocycles. The van der Waals surface area contributed by atoms with Gasteiger partial charge in [-0.1, -0.05) is 37.3 Å². The Morgan fingerprint density at radius 3 is 2.53 bits per heavy atom. The van der Waals surface area contributed by atoms with Crippen molar-refractivity contribution in [2.45, 2.75) is 25.9 Å². The van der Waals surface area contributed by atoms with Crippen molar-refractivity contribution in [2.24, 2.45) is 5.92 Å². The number of hydrogen-bond donors (Lipinski definition) is 1. The number of benzene rings is 2. The van der Waals surface area contributed by atoms with Crippen LogP contribution in [0.15, 0.2) is 54.6 Å². The van der Waals surface area contributed by atoms with Crippen molar-refractivity contribution in [1.82, 2.24) is 5.32 Å². The van der Waals surface area contributed by atoms with Crippen LogP contribution in [0.5, 0.6) is 11.5 Å². The van der Waals surface area contributed by atoms with Crippen LogP contribution in [0.25, 0.3) is 0 Å². The largest absolute Gasteiger partial charge is 0.457 e. The van der Waals surface area contributed by atoms with E-state index in [2.05, 4.69) is 24.4 Å². The van der Waals surface area contributed by atoms with E-state index in [1.165, 1.54) is 12.0 Å². The van der Waals surface area contributed by atoms with Crippen LogP contribution in [0.4, 0.5) is 0 Å². The molecule has 0 amide bonds. The lowest BCUT2D eigenvalue weighted by molar-refractivity contribution is 0.481. The minimum Gasteiger partial charge on any atom is -0.457 e. The van der Waals surface area contributed by atoms with Gasteiger partial charge in [-0.2, -0.15) is 0 Å². The third-order valence-corrected chi connectivity index (χ3v) is 3.56. The summed E-state index contributed by atoms with van der Waals surface area (Å²) in [7, 11) is 0. The highest BCUT2D eigenvalue weighted by Gasteiger charge is 2.31. The van der Waals surface area contributed by atoms with Crippen molar-refractivity contribution >= 4 is 0 Å². The third kappa shape index (κ3) is 3.36. The zero-order valence-corrected chi connectivity index (χ0v) is 11.2. The van der Waals surface area contributed by atoms with Crippen molar-refractivity contribution < 1.29 is 4.74 Å². The molecule has 0 bridgehead atoms. The number of hydrogen-bond acceptors (Lipinski definition) is 2. The maximum absolute atomic E-state index is 5.83. The van der Waals surface area contributed by atoms with Crippen molar-refractivity contribution in [2.75, 3.05) is 0 Å². The summed E-state index contributed by atoms with van der Waals surface area (Å²) < 4.78 is 5.83. The first-order valence-electron chi connectivity index (χ1n) is 6.86. The van der Waals surface area contributed by atoms with Gasteiger partial charge >= 0.3 is 0 Å². The fraction of sp³-hybridized carbons (Fsp3) is 0.294. The van der Waals surface area contributed by atoms with Gasteiger partial charge in [0.25, 0.3) is 0 Å². The van der Waals surface area contributed by atoms with Gasteiger partial charge in [-0.15, -0.1) is 0 Å². The van der Waals surface area contributed by atoms with Crippen LogP contribution in [-0.2, 0) is 6.54 Å². The standard InChI is InChI=1S/C17H19NO/c1-13-10-17(13)18-12-14-6-5-9-16(11-14)19-15-7-3-2-4-8-15/h2-9,11,13,17-18H,10,12H2,1H3. The molecule has 1 saturated carbocycles. The molecule has 0 radical (unpaired) electrons. The molecule has 1 aliphatic rings. The average Bonchev–Trinajstić information content (AvgIpc) is 3.14. The van der Waals surface area contributed by atoms with Gasteiger partial charge in [-0.3, -0.25) is 0 Å². The molecule has 3 rings (SSSR count). The molecule has 1 N–H and O–H groups in total. The number of nitrogens with one attached hydrogen (secondary N) is 1. The van der Waals surface area contributed by atoms with E-state index in [4.69, 9.17) is 4.74 Å². The fourth-order valence-electron chi connectivity index (χ4n) is 2.20. The van der Waals surface area contributed by atoms with Gasteiger partial charge < -0.3 is 10.1 Å². The highest BCUT2D eigenvalue weighted by atomic mass is 16.5. The molecule has 2 atom stereocenters. The molecule has 0 aliphatic heterocycles. The van der Waals surface area contributed by atoms with E-state index in [0.29, 0.717) is 6.04 Å². The van der Waals surface area contributed by atoms with Crippen molar-refractivity contribution in [3.63, 3.8) is 0 Å². The van der Waals surface area contributed by atoms with Crippen LogP contribution in [0.1, 0.15) is 18.9 Å². The first kappa shape index (κ1) is 12.2. The summed E-state index contributed by atoms with van der Waals surface area (Å²) >= 11 is 0. The van der Waals surface area contributed by atoms with Crippen LogP contribution in [0.3, 0.4) is 0 Å². The Kier molecular flexibility index (Phi) is 3.51. The highest BCUT2D eigenvalue weighted by Crippen LogP contribution is 2.29. The maximum Gasteiger partial charge on any atom is 0.127 e. The molecule has 2 nitrogen and oxygen atoms in total. The van der Waals surface area contributed by atoms with E-state index in [1.807, 2.05) is 42.5 Å². The lowest BCUT2D eigenvalue weighted by Crippen LogP contribution is -2.16. The second kappa shape index (κ2) is 5.45. The SMILES string of the molecule is CC1CC1NCc1cccc(Oc2ccccc2)c1. The van der Waals surface area contributed by atoms with Gasteiger partial charge in [0.1, 0.15) is 11.5 Å². The summed E-state index contributed by atoms with van der Waals surface area (Å²) in [4.78, 5) is 0. The molecule has 98 valence electrons. The molecule has 0 aromatic heterocycles. The quantitative estimate of drug-likeness (QED) is 0.870. The molecule has 19 heavy (non-hydrogen) atoms. The summed E-state index contributed by atoms with van der Waals surface area (Å²) in [6, 6.07) is 18.9. The summed E-state index contributed by atoms with van der Waals surface area (Å²) in [5.74, 6) is 2.61. The van der Waals surface area contributed by atoms with Gasteiger partial charge in [-0.05, 0) is 42.2 Å².